The van der Waals surface area contributed by atoms with Gasteiger partial charge in [0.1, 0.15) is 0 Å². The Morgan fingerprint density at radius 3 is 2.21 bits per heavy atom. The predicted molar refractivity (Wildman–Crippen MR) is 73.5 cm³/mol. The fourth-order valence-electron chi connectivity index (χ4n) is 2.13. The molecule has 1 rings (SSSR count). The molecule has 4 nitrogen and oxygen atoms in total. The number of hydrogen-bond acceptors (Lipinski definition) is 2. The summed E-state index contributed by atoms with van der Waals surface area (Å²) in [5, 5.41) is 8.99. The molecular formula is C15H21NO3. The molecule has 0 bridgehead atoms. The number of carbonyl (C=O) groups excluding carboxylic acids is 1. The average Bonchev–Trinajstić information content (AvgIpc) is 2.34. The van der Waals surface area contributed by atoms with Crippen molar-refractivity contribution in [2.45, 2.75) is 39.8 Å². The molecule has 1 atom stereocenters. The summed E-state index contributed by atoms with van der Waals surface area (Å²) in [7, 11) is 0. The molecule has 0 aliphatic rings. The minimum absolute atomic E-state index is 0.0237. The summed E-state index contributed by atoms with van der Waals surface area (Å²) in [6, 6.07) is 9.33. The Balaban J connectivity index is 2.91. The normalized spacial score (nSPS) is 12.2. The smallest absolute Gasteiger partial charge is 0.305 e. The molecule has 1 aromatic carbocycles. The van der Waals surface area contributed by atoms with Crippen molar-refractivity contribution in [2.75, 3.05) is 0 Å². The highest BCUT2D eigenvalue weighted by Gasteiger charge is 2.26. The molecule has 0 saturated carbocycles. The second kappa shape index (κ2) is 6.92. The summed E-state index contributed by atoms with van der Waals surface area (Å²) in [6.45, 7) is 5.82. The molecular weight excluding hydrogens is 242 g/mol. The molecule has 0 saturated heterocycles. The maximum Gasteiger partial charge on any atom is 0.305 e. The lowest BCUT2D eigenvalue weighted by Crippen LogP contribution is -2.42. The van der Waals surface area contributed by atoms with Crippen LogP contribution in [-0.2, 0) is 16.1 Å². The number of aliphatic carboxylic acids is 1. The van der Waals surface area contributed by atoms with Crippen LogP contribution < -0.4 is 0 Å². The molecule has 0 aliphatic heterocycles. The molecule has 104 valence electrons. The highest BCUT2D eigenvalue weighted by Crippen LogP contribution is 2.18. The van der Waals surface area contributed by atoms with Gasteiger partial charge < -0.3 is 10.0 Å². The Morgan fingerprint density at radius 2 is 1.79 bits per heavy atom. The molecule has 0 aromatic heterocycles. The first-order chi connectivity index (χ1) is 8.91. The molecule has 1 unspecified atom stereocenters. The first kappa shape index (κ1) is 15.2. The topological polar surface area (TPSA) is 57.6 Å². The van der Waals surface area contributed by atoms with Gasteiger partial charge in [0.2, 0.25) is 5.91 Å². The van der Waals surface area contributed by atoms with Crippen LogP contribution in [0.1, 0.15) is 32.8 Å². The van der Waals surface area contributed by atoms with Gasteiger partial charge in [-0.3, -0.25) is 9.59 Å². The van der Waals surface area contributed by atoms with E-state index in [1.54, 1.807) is 4.90 Å². The number of carboxylic acids is 1. The fraction of sp³-hybridized carbons (Fsp3) is 0.467. The van der Waals surface area contributed by atoms with Crippen LogP contribution in [0.4, 0.5) is 0 Å². The van der Waals surface area contributed by atoms with E-state index >= 15 is 0 Å². The second-order valence-electron chi connectivity index (χ2n) is 5.04. The molecule has 0 aliphatic carbocycles. The zero-order valence-corrected chi connectivity index (χ0v) is 11.7. The summed E-state index contributed by atoms with van der Waals surface area (Å²) in [5.41, 5.74) is 1.01. The van der Waals surface area contributed by atoms with Crippen LogP contribution in [0.15, 0.2) is 30.3 Å². The van der Waals surface area contributed by atoms with E-state index in [-0.39, 0.29) is 24.3 Å². The summed E-state index contributed by atoms with van der Waals surface area (Å²) < 4.78 is 0. The third kappa shape index (κ3) is 4.73. The van der Waals surface area contributed by atoms with Crippen LogP contribution in [0.2, 0.25) is 0 Å². The van der Waals surface area contributed by atoms with E-state index in [1.165, 1.54) is 6.92 Å². The van der Waals surface area contributed by atoms with Crippen molar-refractivity contribution in [2.24, 2.45) is 5.92 Å². The molecule has 1 amide bonds. The van der Waals surface area contributed by atoms with E-state index < -0.39 is 5.97 Å². The summed E-state index contributed by atoms with van der Waals surface area (Å²) >= 11 is 0. The van der Waals surface area contributed by atoms with E-state index in [9.17, 15) is 9.59 Å². The summed E-state index contributed by atoms with van der Waals surface area (Å²) in [6.07, 6.45) is -0.0237. The van der Waals surface area contributed by atoms with Gasteiger partial charge >= 0.3 is 5.97 Å². The molecule has 1 N–H and O–H groups in total. The minimum atomic E-state index is -0.877. The summed E-state index contributed by atoms with van der Waals surface area (Å²) in [5.74, 6) is -0.870. The predicted octanol–water partition coefficient (Wildman–Crippen LogP) is 2.53. The molecule has 19 heavy (non-hydrogen) atoms. The number of rotatable bonds is 6. The molecule has 4 heteroatoms. The Labute approximate surface area is 114 Å². The standard InChI is InChI=1S/C15H21NO3/c1-11(2)14(9-15(18)19)16(12(3)17)10-13-7-5-4-6-8-13/h4-8,11,14H,9-10H2,1-3H3,(H,18,19). The number of hydrogen-bond donors (Lipinski definition) is 1. The lowest BCUT2D eigenvalue weighted by molar-refractivity contribution is -0.141. The Hall–Kier alpha value is -1.84. The van der Waals surface area contributed by atoms with Crippen molar-refractivity contribution >= 4 is 11.9 Å². The lowest BCUT2D eigenvalue weighted by atomic mass is 9.98. The Bertz CT molecular complexity index is 428. The Morgan fingerprint density at radius 1 is 1.21 bits per heavy atom. The first-order valence-corrected chi connectivity index (χ1v) is 6.44. The van der Waals surface area contributed by atoms with Crippen LogP contribution in [0.25, 0.3) is 0 Å². The van der Waals surface area contributed by atoms with Crippen molar-refractivity contribution in [3.05, 3.63) is 35.9 Å². The Kier molecular flexibility index (Phi) is 5.55. The molecule has 0 fully saturated rings. The SMILES string of the molecule is CC(=O)N(Cc1ccccc1)C(CC(=O)O)C(C)C. The molecule has 1 aromatic rings. The van der Waals surface area contributed by atoms with Gasteiger partial charge in [0.25, 0.3) is 0 Å². The van der Waals surface area contributed by atoms with Crippen LogP contribution in [0, 0.1) is 5.92 Å². The lowest BCUT2D eigenvalue weighted by Gasteiger charge is -2.33. The van der Waals surface area contributed by atoms with Gasteiger partial charge in [-0.1, -0.05) is 44.2 Å². The van der Waals surface area contributed by atoms with Gasteiger partial charge in [0, 0.05) is 19.5 Å². The third-order valence-electron chi connectivity index (χ3n) is 3.15. The van der Waals surface area contributed by atoms with E-state index in [0.717, 1.165) is 5.56 Å². The quantitative estimate of drug-likeness (QED) is 0.858. The highest BCUT2D eigenvalue weighted by molar-refractivity contribution is 5.75. The zero-order valence-electron chi connectivity index (χ0n) is 11.7. The average molecular weight is 263 g/mol. The van der Waals surface area contributed by atoms with Gasteiger partial charge in [-0.25, -0.2) is 0 Å². The minimum Gasteiger partial charge on any atom is -0.481 e. The highest BCUT2D eigenvalue weighted by atomic mass is 16.4. The fourth-order valence-corrected chi connectivity index (χ4v) is 2.13. The van der Waals surface area contributed by atoms with Gasteiger partial charge in [0.15, 0.2) is 0 Å². The van der Waals surface area contributed by atoms with Gasteiger partial charge in [-0.05, 0) is 11.5 Å². The number of carbonyl (C=O) groups is 2. The molecule has 0 heterocycles. The first-order valence-electron chi connectivity index (χ1n) is 6.44. The van der Waals surface area contributed by atoms with Crippen molar-refractivity contribution in [3.8, 4) is 0 Å². The van der Waals surface area contributed by atoms with E-state index in [2.05, 4.69) is 0 Å². The number of benzene rings is 1. The van der Waals surface area contributed by atoms with Crippen molar-refractivity contribution in [3.63, 3.8) is 0 Å². The van der Waals surface area contributed by atoms with Crippen molar-refractivity contribution in [1.29, 1.82) is 0 Å². The maximum absolute atomic E-state index is 11.8. The monoisotopic (exact) mass is 263 g/mol. The number of amides is 1. The van der Waals surface area contributed by atoms with Gasteiger partial charge in [-0.15, -0.1) is 0 Å². The van der Waals surface area contributed by atoms with E-state index in [1.807, 2.05) is 44.2 Å². The van der Waals surface area contributed by atoms with Gasteiger partial charge in [-0.2, -0.15) is 0 Å². The zero-order chi connectivity index (χ0) is 14.4. The maximum atomic E-state index is 11.8. The largest absolute Gasteiger partial charge is 0.481 e. The van der Waals surface area contributed by atoms with Crippen LogP contribution in [0.3, 0.4) is 0 Å². The van der Waals surface area contributed by atoms with Gasteiger partial charge in [0.05, 0.1) is 6.42 Å². The summed E-state index contributed by atoms with van der Waals surface area (Å²) in [4.78, 5) is 24.4. The molecule has 0 spiro atoms. The van der Waals surface area contributed by atoms with E-state index in [0.29, 0.717) is 6.54 Å². The van der Waals surface area contributed by atoms with Crippen LogP contribution in [-0.4, -0.2) is 27.9 Å². The van der Waals surface area contributed by atoms with Crippen LogP contribution in [0.5, 0.6) is 0 Å². The molecule has 0 radical (unpaired) electrons. The van der Waals surface area contributed by atoms with Crippen LogP contribution >= 0.6 is 0 Å². The van der Waals surface area contributed by atoms with E-state index in [4.69, 9.17) is 5.11 Å². The number of nitrogens with zero attached hydrogens (tertiary/aromatic N) is 1. The van der Waals surface area contributed by atoms with Crippen molar-refractivity contribution < 1.29 is 14.7 Å². The second-order valence-corrected chi connectivity index (χ2v) is 5.04. The third-order valence-corrected chi connectivity index (χ3v) is 3.15. The van der Waals surface area contributed by atoms with Crippen molar-refractivity contribution in [1.82, 2.24) is 4.90 Å². The number of carboxylic acid groups (broad SMARTS) is 1.